The normalized spacial score (nSPS) is 22.1. The van der Waals surface area contributed by atoms with Crippen LogP contribution in [0, 0.1) is 0 Å². The van der Waals surface area contributed by atoms with Crippen molar-refractivity contribution >= 4 is 35.0 Å². The summed E-state index contributed by atoms with van der Waals surface area (Å²) in [5, 5.41) is 11.3. The minimum atomic E-state index is 0.554. The molecule has 0 fully saturated rings. The van der Waals surface area contributed by atoms with Crippen LogP contribution in [-0.2, 0) is 0 Å². The Kier molecular flexibility index (Phi) is 7.67. The van der Waals surface area contributed by atoms with Crippen LogP contribution in [0.3, 0.4) is 0 Å². The predicted octanol–water partition coefficient (Wildman–Crippen LogP) is 3.12. The monoisotopic (exact) mass is 306 g/mol. The van der Waals surface area contributed by atoms with Gasteiger partial charge in [-0.2, -0.15) is 0 Å². The molecule has 18 heavy (non-hydrogen) atoms. The molecular weight excluding hydrogens is 284 g/mol. The molecule has 2 unspecified atom stereocenters. The summed E-state index contributed by atoms with van der Waals surface area (Å²) in [6.07, 6.45) is 1.24. The van der Waals surface area contributed by atoms with E-state index in [-0.39, 0.29) is 0 Å². The van der Waals surface area contributed by atoms with Gasteiger partial charge in [-0.25, -0.2) is 0 Å². The summed E-state index contributed by atoms with van der Waals surface area (Å²) in [6, 6.07) is 2.90. The Balaban J connectivity index is 0.000000771. The van der Waals surface area contributed by atoms with Gasteiger partial charge < -0.3 is 10.4 Å². The fourth-order valence-electron chi connectivity index (χ4n) is 1.98. The van der Waals surface area contributed by atoms with Gasteiger partial charge in [-0.3, -0.25) is 4.72 Å². The highest BCUT2D eigenvalue weighted by Crippen LogP contribution is 2.47. The number of hydrogen-bond donors (Lipinski definition) is 3. The minimum Gasteiger partial charge on any atom is -0.400 e. The van der Waals surface area contributed by atoms with E-state index >= 15 is 0 Å². The van der Waals surface area contributed by atoms with E-state index in [9.17, 15) is 0 Å². The first kappa shape index (κ1) is 16.3. The Hall–Kier alpha value is 0.280. The summed E-state index contributed by atoms with van der Waals surface area (Å²) in [6.45, 7) is 5.55. The van der Waals surface area contributed by atoms with Crippen molar-refractivity contribution in [3.63, 3.8) is 0 Å². The fourth-order valence-corrected chi connectivity index (χ4v) is 5.83. The summed E-state index contributed by atoms with van der Waals surface area (Å²) in [4.78, 5) is 0. The summed E-state index contributed by atoms with van der Waals surface area (Å²) in [5.41, 5.74) is 1.51. The second-order valence-corrected chi connectivity index (χ2v) is 7.96. The zero-order valence-electron chi connectivity index (χ0n) is 11.3. The molecule has 1 aliphatic rings. The van der Waals surface area contributed by atoms with Crippen LogP contribution in [0.25, 0.3) is 0 Å². The largest absolute Gasteiger partial charge is 0.400 e. The summed E-state index contributed by atoms with van der Waals surface area (Å²) < 4.78 is 6.02. The first-order valence-corrected chi connectivity index (χ1v) is 8.58. The van der Waals surface area contributed by atoms with Gasteiger partial charge >= 0.3 is 0 Å². The number of nitrogens with one attached hydrogen (secondary N) is 2. The molecule has 0 bridgehead atoms. The van der Waals surface area contributed by atoms with E-state index < -0.39 is 0 Å². The SMILES string of the molecule is CCNC1CC(C)Sc2sc(SNC)cc21.CO. The van der Waals surface area contributed by atoms with Gasteiger partial charge in [0, 0.05) is 18.4 Å². The molecule has 0 spiro atoms. The number of fused-ring (bicyclic) bond motifs is 1. The highest BCUT2D eigenvalue weighted by Gasteiger charge is 2.26. The van der Waals surface area contributed by atoms with Crippen LogP contribution in [0.4, 0.5) is 0 Å². The lowest BCUT2D eigenvalue weighted by atomic mass is 10.1. The molecule has 1 aliphatic heterocycles. The second-order valence-electron chi connectivity index (χ2n) is 3.89. The maximum Gasteiger partial charge on any atom is 0.0766 e. The van der Waals surface area contributed by atoms with Crippen molar-refractivity contribution in [3.8, 4) is 0 Å². The third-order valence-corrected chi connectivity index (χ3v) is 5.95. The number of aliphatic hydroxyl groups is 1. The van der Waals surface area contributed by atoms with Gasteiger partial charge in [-0.05, 0) is 43.6 Å². The molecule has 1 aromatic heterocycles. The van der Waals surface area contributed by atoms with E-state index in [0.717, 1.165) is 18.9 Å². The van der Waals surface area contributed by atoms with Crippen molar-refractivity contribution in [2.24, 2.45) is 0 Å². The maximum absolute atomic E-state index is 7.00. The Morgan fingerprint density at radius 1 is 1.50 bits per heavy atom. The molecule has 6 heteroatoms. The van der Waals surface area contributed by atoms with Gasteiger partial charge in [0.2, 0.25) is 0 Å². The van der Waals surface area contributed by atoms with E-state index in [1.807, 2.05) is 30.1 Å². The maximum atomic E-state index is 7.00. The van der Waals surface area contributed by atoms with E-state index in [2.05, 4.69) is 30.0 Å². The van der Waals surface area contributed by atoms with Crippen molar-refractivity contribution in [1.82, 2.24) is 10.0 Å². The molecule has 0 aliphatic carbocycles. The zero-order chi connectivity index (χ0) is 13.5. The smallest absolute Gasteiger partial charge is 0.0766 e. The van der Waals surface area contributed by atoms with Gasteiger partial charge in [0.15, 0.2) is 0 Å². The number of thioether (sulfide) groups is 1. The Morgan fingerprint density at radius 3 is 2.83 bits per heavy atom. The first-order valence-electron chi connectivity index (χ1n) is 6.06. The lowest BCUT2D eigenvalue weighted by Crippen LogP contribution is -2.25. The van der Waals surface area contributed by atoms with E-state index in [4.69, 9.17) is 5.11 Å². The molecule has 0 amide bonds. The fraction of sp³-hybridized carbons (Fsp3) is 0.667. The third-order valence-electron chi connectivity index (χ3n) is 2.61. The first-order chi connectivity index (χ1) is 8.74. The molecule has 0 saturated heterocycles. The van der Waals surface area contributed by atoms with Crippen LogP contribution < -0.4 is 10.0 Å². The quantitative estimate of drug-likeness (QED) is 0.746. The summed E-state index contributed by atoms with van der Waals surface area (Å²) >= 11 is 5.66. The topological polar surface area (TPSA) is 44.3 Å². The van der Waals surface area contributed by atoms with Gasteiger partial charge in [0.1, 0.15) is 0 Å². The molecule has 0 radical (unpaired) electrons. The van der Waals surface area contributed by atoms with E-state index in [0.29, 0.717) is 6.04 Å². The molecule has 2 rings (SSSR count). The summed E-state index contributed by atoms with van der Waals surface area (Å²) in [7, 11) is 2.97. The van der Waals surface area contributed by atoms with Gasteiger partial charge in [-0.15, -0.1) is 23.1 Å². The second kappa shape index (κ2) is 8.45. The molecule has 104 valence electrons. The molecule has 2 atom stereocenters. The molecule has 3 nitrogen and oxygen atoms in total. The van der Waals surface area contributed by atoms with Gasteiger partial charge in [0.05, 0.1) is 8.42 Å². The van der Waals surface area contributed by atoms with Crippen molar-refractivity contribution in [2.45, 2.75) is 40.0 Å². The van der Waals surface area contributed by atoms with Crippen LogP contribution in [0.5, 0.6) is 0 Å². The number of thiophene rings is 1. The highest BCUT2D eigenvalue weighted by molar-refractivity contribution is 8.03. The number of hydrogen-bond acceptors (Lipinski definition) is 6. The highest BCUT2D eigenvalue weighted by atomic mass is 32.2. The van der Waals surface area contributed by atoms with Crippen LogP contribution in [0.15, 0.2) is 14.5 Å². The standard InChI is InChI=1S/C11H18N2S3.CH4O/c1-4-13-9-5-7(2)14-11-8(9)6-10(15-11)16-12-3;1-2/h6-7,9,12-13H,4-5H2,1-3H3;2H,1H3. The Bertz CT molecular complexity index is 357. The van der Waals surface area contributed by atoms with Gasteiger partial charge in [0.25, 0.3) is 0 Å². The Morgan fingerprint density at radius 2 is 2.22 bits per heavy atom. The third kappa shape index (κ3) is 4.15. The molecule has 3 N–H and O–H groups in total. The van der Waals surface area contributed by atoms with Crippen molar-refractivity contribution in [3.05, 3.63) is 11.6 Å². The predicted molar refractivity (Wildman–Crippen MR) is 83.7 cm³/mol. The van der Waals surface area contributed by atoms with Gasteiger partial charge in [-0.1, -0.05) is 13.8 Å². The number of aliphatic hydroxyl groups excluding tert-OH is 1. The lowest BCUT2D eigenvalue weighted by Gasteiger charge is -2.27. The van der Waals surface area contributed by atoms with E-state index in [1.54, 1.807) is 11.9 Å². The van der Waals surface area contributed by atoms with Crippen molar-refractivity contribution < 1.29 is 5.11 Å². The molecule has 0 aromatic carbocycles. The average Bonchev–Trinajstić information content (AvgIpc) is 2.75. The van der Waals surface area contributed by atoms with E-state index in [1.165, 1.54) is 20.4 Å². The average molecular weight is 307 g/mol. The summed E-state index contributed by atoms with van der Waals surface area (Å²) in [5.74, 6) is 0. The zero-order valence-corrected chi connectivity index (χ0v) is 13.8. The van der Waals surface area contributed by atoms with Crippen LogP contribution in [0.2, 0.25) is 0 Å². The Labute approximate surface area is 122 Å². The molecular formula is C12H22N2OS3. The van der Waals surface area contributed by atoms with Crippen molar-refractivity contribution in [1.29, 1.82) is 0 Å². The van der Waals surface area contributed by atoms with Crippen LogP contribution in [0.1, 0.15) is 31.9 Å². The number of rotatable bonds is 4. The molecule has 1 aromatic rings. The molecule has 0 saturated carbocycles. The molecule has 2 heterocycles. The van der Waals surface area contributed by atoms with Crippen LogP contribution in [-0.4, -0.2) is 31.1 Å². The lowest BCUT2D eigenvalue weighted by molar-refractivity contribution is 0.399. The minimum absolute atomic E-state index is 0.554. The van der Waals surface area contributed by atoms with Crippen LogP contribution >= 0.6 is 35.0 Å². The van der Waals surface area contributed by atoms with Crippen molar-refractivity contribution in [2.75, 3.05) is 20.7 Å².